The molecule has 0 aliphatic carbocycles. The first-order valence-corrected chi connectivity index (χ1v) is 8.18. The number of carbonyl (C=O) groups is 1. The zero-order chi connectivity index (χ0) is 16.9. The zero-order valence-electron chi connectivity index (χ0n) is 14.0. The van der Waals surface area contributed by atoms with Crippen LogP contribution in [0.1, 0.15) is 29.4 Å². The van der Waals surface area contributed by atoms with E-state index in [-0.39, 0.29) is 11.9 Å². The molecule has 1 aromatic heterocycles. The highest BCUT2D eigenvalue weighted by atomic mass is 16.5. The number of fused-ring (bicyclic) bond motifs is 1. The Hall–Kier alpha value is -2.47. The molecule has 0 saturated carbocycles. The van der Waals surface area contributed by atoms with Crippen molar-refractivity contribution in [2.45, 2.75) is 25.8 Å². The number of carbonyl (C=O) groups excluding carboxylic acids is 1. The normalized spacial score (nSPS) is 16.1. The van der Waals surface area contributed by atoms with Gasteiger partial charge in [-0.05, 0) is 43.5 Å². The van der Waals surface area contributed by atoms with Gasteiger partial charge in [0.25, 0.3) is 5.91 Å². The number of hydrogen-bond donors (Lipinski definition) is 1. The van der Waals surface area contributed by atoms with Crippen molar-refractivity contribution in [2.75, 3.05) is 30.5 Å². The number of benzene rings is 1. The number of amides is 1. The minimum Gasteiger partial charge on any atom is -0.385 e. The Bertz CT molecular complexity index is 702. The molecule has 0 fully saturated rings. The number of para-hydroxylation sites is 1. The van der Waals surface area contributed by atoms with E-state index in [1.807, 2.05) is 23.1 Å². The molecule has 6 heteroatoms. The fourth-order valence-corrected chi connectivity index (χ4v) is 2.97. The quantitative estimate of drug-likeness (QED) is 0.826. The third-order valence-electron chi connectivity index (χ3n) is 4.14. The molecule has 3 rings (SSSR count). The Labute approximate surface area is 141 Å². The van der Waals surface area contributed by atoms with Gasteiger partial charge in [-0.25, -0.2) is 0 Å². The van der Waals surface area contributed by atoms with Crippen LogP contribution in [0.3, 0.4) is 0 Å². The highest BCUT2D eigenvalue weighted by Crippen LogP contribution is 2.32. The van der Waals surface area contributed by atoms with Gasteiger partial charge in [-0.2, -0.15) is 0 Å². The lowest BCUT2D eigenvalue weighted by atomic mass is 10.1. The van der Waals surface area contributed by atoms with Gasteiger partial charge in [0.2, 0.25) is 0 Å². The molecule has 0 bridgehead atoms. The van der Waals surface area contributed by atoms with Gasteiger partial charge in [0.05, 0.1) is 0 Å². The Morgan fingerprint density at radius 1 is 1.29 bits per heavy atom. The van der Waals surface area contributed by atoms with Gasteiger partial charge in [-0.15, -0.1) is 10.2 Å². The van der Waals surface area contributed by atoms with E-state index in [4.69, 9.17) is 4.74 Å². The summed E-state index contributed by atoms with van der Waals surface area (Å²) in [5, 5.41) is 11.4. The van der Waals surface area contributed by atoms with E-state index >= 15 is 0 Å². The molecule has 0 saturated heterocycles. The second-order valence-corrected chi connectivity index (χ2v) is 5.93. The first-order valence-electron chi connectivity index (χ1n) is 8.18. The SMILES string of the molecule is COCCCNc1ccc(C(=O)N2c3ccccc3CC2C)nn1. The van der Waals surface area contributed by atoms with Crippen LogP contribution in [0.5, 0.6) is 0 Å². The molecule has 1 aromatic carbocycles. The van der Waals surface area contributed by atoms with E-state index in [1.54, 1.807) is 19.2 Å². The van der Waals surface area contributed by atoms with Crippen molar-refractivity contribution in [3.63, 3.8) is 0 Å². The van der Waals surface area contributed by atoms with Crippen LogP contribution in [-0.4, -0.2) is 42.4 Å². The Morgan fingerprint density at radius 3 is 2.88 bits per heavy atom. The second-order valence-electron chi connectivity index (χ2n) is 5.93. The van der Waals surface area contributed by atoms with Crippen molar-refractivity contribution in [2.24, 2.45) is 0 Å². The van der Waals surface area contributed by atoms with Gasteiger partial charge in [-0.3, -0.25) is 4.79 Å². The summed E-state index contributed by atoms with van der Waals surface area (Å²) in [5.74, 6) is 0.559. The van der Waals surface area contributed by atoms with E-state index in [1.165, 1.54) is 5.56 Å². The van der Waals surface area contributed by atoms with E-state index in [0.717, 1.165) is 25.1 Å². The fraction of sp³-hybridized carbons (Fsp3) is 0.389. The molecule has 1 aliphatic heterocycles. The molecular formula is C18H22N4O2. The summed E-state index contributed by atoms with van der Waals surface area (Å²) in [6.07, 6.45) is 1.76. The summed E-state index contributed by atoms with van der Waals surface area (Å²) in [5.41, 5.74) is 2.53. The smallest absolute Gasteiger partial charge is 0.279 e. The number of rotatable bonds is 6. The van der Waals surface area contributed by atoms with Crippen molar-refractivity contribution in [1.82, 2.24) is 10.2 Å². The lowest BCUT2D eigenvalue weighted by Crippen LogP contribution is -2.36. The monoisotopic (exact) mass is 326 g/mol. The molecule has 1 atom stereocenters. The van der Waals surface area contributed by atoms with E-state index in [0.29, 0.717) is 18.1 Å². The summed E-state index contributed by atoms with van der Waals surface area (Å²) in [6, 6.07) is 11.7. The van der Waals surface area contributed by atoms with Crippen LogP contribution in [0.15, 0.2) is 36.4 Å². The molecule has 2 heterocycles. The van der Waals surface area contributed by atoms with Crippen LogP contribution in [0.4, 0.5) is 11.5 Å². The minimum atomic E-state index is -0.106. The molecule has 0 spiro atoms. The number of nitrogens with one attached hydrogen (secondary N) is 1. The maximum atomic E-state index is 12.8. The molecule has 24 heavy (non-hydrogen) atoms. The lowest BCUT2D eigenvalue weighted by molar-refractivity contribution is 0.0975. The predicted molar refractivity (Wildman–Crippen MR) is 93.4 cm³/mol. The van der Waals surface area contributed by atoms with E-state index < -0.39 is 0 Å². The van der Waals surface area contributed by atoms with E-state index in [9.17, 15) is 4.79 Å². The van der Waals surface area contributed by atoms with Crippen LogP contribution < -0.4 is 10.2 Å². The molecule has 1 unspecified atom stereocenters. The molecule has 1 amide bonds. The summed E-state index contributed by atoms with van der Waals surface area (Å²) < 4.78 is 5.00. The average Bonchev–Trinajstić information content (AvgIpc) is 2.94. The van der Waals surface area contributed by atoms with Gasteiger partial charge in [0, 0.05) is 32.0 Å². The molecule has 1 N–H and O–H groups in total. The Morgan fingerprint density at radius 2 is 2.12 bits per heavy atom. The van der Waals surface area contributed by atoms with Crippen molar-refractivity contribution in [3.8, 4) is 0 Å². The molecule has 0 radical (unpaired) electrons. The predicted octanol–water partition coefficient (Wildman–Crippen LogP) is 2.52. The number of aromatic nitrogens is 2. The maximum Gasteiger partial charge on any atom is 0.279 e. The van der Waals surface area contributed by atoms with Gasteiger partial charge in [0.15, 0.2) is 5.69 Å². The second kappa shape index (κ2) is 7.40. The standard InChI is InChI=1S/C18H22N4O2/c1-13-12-14-6-3-4-7-16(14)22(13)18(23)15-8-9-17(21-20-15)19-10-5-11-24-2/h3-4,6-9,13H,5,10-12H2,1-2H3,(H,19,21). The van der Waals surface area contributed by atoms with Crippen molar-refractivity contribution >= 4 is 17.4 Å². The third kappa shape index (κ3) is 3.38. The number of methoxy groups -OCH3 is 1. The highest BCUT2D eigenvalue weighted by molar-refractivity contribution is 6.06. The largest absolute Gasteiger partial charge is 0.385 e. The van der Waals surface area contributed by atoms with Gasteiger partial charge in [-0.1, -0.05) is 18.2 Å². The van der Waals surface area contributed by atoms with E-state index in [2.05, 4.69) is 28.5 Å². The number of nitrogens with zero attached hydrogens (tertiary/aromatic N) is 3. The summed E-state index contributed by atoms with van der Waals surface area (Å²) in [6.45, 7) is 3.51. The lowest BCUT2D eigenvalue weighted by Gasteiger charge is -2.22. The van der Waals surface area contributed by atoms with Crippen LogP contribution in [0, 0.1) is 0 Å². The summed E-state index contributed by atoms with van der Waals surface area (Å²) in [4.78, 5) is 14.6. The molecule has 126 valence electrons. The topological polar surface area (TPSA) is 67.3 Å². The van der Waals surface area contributed by atoms with Crippen LogP contribution in [0.25, 0.3) is 0 Å². The molecule has 6 nitrogen and oxygen atoms in total. The number of hydrogen-bond acceptors (Lipinski definition) is 5. The fourth-order valence-electron chi connectivity index (χ4n) is 2.97. The third-order valence-corrected chi connectivity index (χ3v) is 4.14. The first-order chi connectivity index (χ1) is 11.7. The molecule has 1 aliphatic rings. The van der Waals surface area contributed by atoms with Gasteiger partial charge < -0.3 is 15.0 Å². The summed E-state index contributed by atoms with van der Waals surface area (Å²) in [7, 11) is 1.68. The molecular weight excluding hydrogens is 304 g/mol. The Kier molecular flexibility index (Phi) is 5.05. The number of ether oxygens (including phenoxy) is 1. The van der Waals surface area contributed by atoms with Crippen molar-refractivity contribution in [3.05, 3.63) is 47.7 Å². The van der Waals surface area contributed by atoms with Crippen molar-refractivity contribution < 1.29 is 9.53 Å². The maximum absolute atomic E-state index is 12.8. The van der Waals surface area contributed by atoms with Crippen LogP contribution >= 0.6 is 0 Å². The zero-order valence-corrected chi connectivity index (χ0v) is 14.0. The Balaban J connectivity index is 1.69. The van der Waals surface area contributed by atoms with Crippen LogP contribution in [0.2, 0.25) is 0 Å². The number of anilines is 2. The van der Waals surface area contributed by atoms with Crippen molar-refractivity contribution in [1.29, 1.82) is 0 Å². The highest BCUT2D eigenvalue weighted by Gasteiger charge is 2.31. The van der Waals surface area contributed by atoms with Gasteiger partial charge in [0.1, 0.15) is 5.82 Å². The summed E-state index contributed by atoms with van der Waals surface area (Å²) >= 11 is 0. The average molecular weight is 326 g/mol. The first kappa shape index (κ1) is 16.4. The molecule has 2 aromatic rings. The van der Waals surface area contributed by atoms with Crippen LogP contribution in [-0.2, 0) is 11.2 Å². The van der Waals surface area contributed by atoms with Gasteiger partial charge >= 0.3 is 0 Å². The minimum absolute atomic E-state index is 0.106.